The summed E-state index contributed by atoms with van der Waals surface area (Å²) in [5, 5.41) is 5.64. The van der Waals surface area contributed by atoms with Crippen LogP contribution in [0.5, 0.6) is 0 Å². The molecule has 0 saturated heterocycles. The van der Waals surface area contributed by atoms with Crippen LogP contribution in [0.2, 0.25) is 0 Å². The van der Waals surface area contributed by atoms with E-state index in [1.807, 2.05) is 0 Å². The fourth-order valence-electron chi connectivity index (χ4n) is 1.88. The minimum Gasteiger partial charge on any atom is -0.366 e. The monoisotopic (exact) mass is 245 g/mol. The van der Waals surface area contributed by atoms with E-state index in [1.54, 1.807) is 0 Å². The van der Waals surface area contributed by atoms with Gasteiger partial charge in [0.05, 0.1) is 6.21 Å². The van der Waals surface area contributed by atoms with Crippen LogP contribution >= 0.6 is 11.6 Å². The van der Waals surface area contributed by atoms with Crippen molar-refractivity contribution in [1.82, 2.24) is 10.6 Å². The van der Waals surface area contributed by atoms with E-state index in [-0.39, 0.29) is 17.6 Å². The molecule has 0 aromatic carbocycles. The molecule has 2 atom stereocenters. The van der Waals surface area contributed by atoms with Gasteiger partial charge >= 0.3 is 0 Å². The van der Waals surface area contributed by atoms with Gasteiger partial charge in [0.1, 0.15) is 11.6 Å². The van der Waals surface area contributed by atoms with Gasteiger partial charge in [-0.15, -0.1) is 0 Å². The SMILES string of the molecule is O=C1CCC[C@H](NC2=C(F)C=NC(Cl)N2)C1. The van der Waals surface area contributed by atoms with Gasteiger partial charge in [-0.2, -0.15) is 0 Å². The highest BCUT2D eigenvalue weighted by Gasteiger charge is 2.22. The first kappa shape index (κ1) is 11.4. The lowest BCUT2D eigenvalue weighted by molar-refractivity contribution is -0.120. The van der Waals surface area contributed by atoms with Crippen LogP contribution in [0.25, 0.3) is 0 Å². The highest BCUT2D eigenvalue weighted by atomic mass is 35.5. The lowest BCUT2D eigenvalue weighted by Gasteiger charge is -2.26. The van der Waals surface area contributed by atoms with Crippen LogP contribution in [-0.2, 0) is 4.79 Å². The first-order valence-electron chi connectivity index (χ1n) is 5.27. The van der Waals surface area contributed by atoms with E-state index < -0.39 is 11.5 Å². The van der Waals surface area contributed by atoms with Crippen molar-refractivity contribution < 1.29 is 9.18 Å². The fourth-order valence-corrected chi connectivity index (χ4v) is 2.05. The van der Waals surface area contributed by atoms with Crippen LogP contribution in [0.15, 0.2) is 16.6 Å². The largest absolute Gasteiger partial charge is 0.366 e. The van der Waals surface area contributed by atoms with Gasteiger partial charge in [-0.3, -0.25) is 4.79 Å². The number of Topliss-reactive ketones (excluding diaryl/α,β-unsaturated/α-hetero) is 1. The Balaban J connectivity index is 1.98. The van der Waals surface area contributed by atoms with Crippen LogP contribution in [-0.4, -0.2) is 23.7 Å². The van der Waals surface area contributed by atoms with E-state index in [9.17, 15) is 9.18 Å². The smallest absolute Gasteiger partial charge is 0.196 e. The van der Waals surface area contributed by atoms with Crippen LogP contribution in [0, 0.1) is 0 Å². The zero-order chi connectivity index (χ0) is 11.5. The van der Waals surface area contributed by atoms with Crippen molar-refractivity contribution in [3.05, 3.63) is 11.6 Å². The molecular formula is C10H13ClFN3O. The summed E-state index contributed by atoms with van der Waals surface area (Å²) in [4.78, 5) is 14.9. The Bertz CT molecular complexity index is 356. The second-order valence-electron chi connectivity index (χ2n) is 3.96. The summed E-state index contributed by atoms with van der Waals surface area (Å²) in [6.45, 7) is 0. The highest BCUT2D eigenvalue weighted by Crippen LogP contribution is 2.17. The maximum Gasteiger partial charge on any atom is 0.196 e. The zero-order valence-corrected chi connectivity index (χ0v) is 9.43. The first-order chi connectivity index (χ1) is 7.65. The Morgan fingerprint density at radius 2 is 2.44 bits per heavy atom. The van der Waals surface area contributed by atoms with E-state index in [0.29, 0.717) is 12.8 Å². The molecule has 0 amide bonds. The van der Waals surface area contributed by atoms with E-state index in [2.05, 4.69) is 15.6 Å². The van der Waals surface area contributed by atoms with Crippen molar-refractivity contribution in [1.29, 1.82) is 0 Å². The Morgan fingerprint density at radius 3 is 3.19 bits per heavy atom. The molecule has 88 valence electrons. The number of carbonyl (C=O) groups excluding carboxylic acids is 1. The van der Waals surface area contributed by atoms with Crippen molar-refractivity contribution in [2.24, 2.45) is 4.99 Å². The molecule has 1 aliphatic heterocycles. The molecule has 0 bridgehead atoms. The molecule has 6 heteroatoms. The molecule has 1 fully saturated rings. The maximum absolute atomic E-state index is 13.3. The molecule has 2 aliphatic rings. The molecule has 2 rings (SSSR count). The summed E-state index contributed by atoms with van der Waals surface area (Å²) >= 11 is 5.71. The van der Waals surface area contributed by atoms with Crippen molar-refractivity contribution in [3.63, 3.8) is 0 Å². The molecule has 1 heterocycles. The minimum atomic E-state index is -0.652. The van der Waals surface area contributed by atoms with Crippen LogP contribution < -0.4 is 10.6 Å². The third-order valence-electron chi connectivity index (χ3n) is 2.65. The molecule has 1 aliphatic carbocycles. The predicted octanol–water partition coefficient (Wildman–Crippen LogP) is 1.42. The number of allylic oxidation sites excluding steroid dienone is 1. The molecule has 0 aromatic heterocycles. The molecule has 2 N–H and O–H groups in total. The molecule has 16 heavy (non-hydrogen) atoms. The average molecular weight is 246 g/mol. The fraction of sp³-hybridized carbons (Fsp3) is 0.600. The minimum absolute atomic E-state index is 0.00938. The normalized spacial score (nSPS) is 30.2. The molecule has 0 spiro atoms. The number of ketones is 1. The summed E-state index contributed by atoms with van der Waals surface area (Å²) in [7, 11) is 0. The van der Waals surface area contributed by atoms with Crippen molar-refractivity contribution in [2.75, 3.05) is 0 Å². The Labute approximate surface area is 97.9 Å². The highest BCUT2D eigenvalue weighted by molar-refractivity contribution is 6.21. The van der Waals surface area contributed by atoms with E-state index in [0.717, 1.165) is 19.1 Å². The van der Waals surface area contributed by atoms with E-state index in [1.165, 1.54) is 0 Å². The number of nitrogens with one attached hydrogen (secondary N) is 2. The number of hydrogen-bond donors (Lipinski definition) is 2. The number of rotatable bonds is 2. The summed E-state index contributed by atoms with van der Waals surface area (Å²) in [5.74, 6) is -0.0266. The Morgan fingerprint density at radius 1 is 1.62 bits per heavy atom. The zero-order valence-electron chi connectivity index (χ0n) is 8.67. The van der Waals surface area contributed by atoms with Gasteiger partial charge in [0, 0.05) is 18.9 Å². The second kappa shape index (κ2) is 4.82. The number of hydrogen-bond acceptors (Lipinski definition) is 4. The van der Waals surface area contributed by atoms with Gasteiger partial charge < -0.3 is 10.6 Å². The summed E-state index contributed by atoms with van der Waals surface area (Å²) in [6, 6.07) is -0.00938. The summed E-state index contributed by atoms with van der Waals surface area (Å²) in [5.41, 5.74) is -0.652. The standard InChI is InChI=1S/C10H13ClFN3O/c11-10-13-5-8(12)9(15-10)14-6-2-1-3-7(16)4-6/h5-6,10,14-15H,1-4H2/t6-,10?/m0/s1. The molecule has 1 unspecified atom stereocenters. The molecule has 4 nitrogen and oxygen atoms in total. The first-order valence-corrected chi connectivity index (χ1v) is 5.70. The lowest BCUT2D eigenvalue weighted by atomic mass is 9.94. The summed E-state index contributed by atoms with van der Waals surface area (Å²) in [6.07, 6.45) is 3.88. The lowest BCUT2D eigenvalue weighted by Crippen LogP contribution is -2.42. The van der Waals surface area contributed by atoms with Gasteiger partial charge in [0.15, 0.2) is 11.5 Å². The van der Waals surface area contributed by atoms with Crippen LogP contribution in [0.4, 0.5) is 4.39 Å². The van der Waals surface area contributed by atoms with Gasteiger partial charge in [0.2, 0.25) is 0 Å². The van der Waals surface area contributed by atoms with Gasteiger partial charge in [-0.1, -0.05) is 11.6 Å². The van der Waals surface area contributed by atoms with E-state index in [4.69, 9.17) is 11.6 Å². The number of halogens is 2. The molecule has 0 aromatic rings. The van der Waals surface area contributed by atoms with Gasteiger partial charge in [-0.05, 0) is 12.8 Å². The van der Waals surface area contributed by atoms with Gasteiger partial charge in [-0.25, -0.2) is 9.38 Å². The molecule has 1 saturated carbocycles. The topological polar surface area (TPSA) is 53.5 Å². The number of aliphatic imine (C=N–C) groups is 1. The predicted molar refractivity (Wildman–Crippen MR) is 59.8 cm³/mol. The maximum atomic E-state index is 13.3. The van der Waals surface area contributed by atoms with Crippen LogP contribution in [0.1, 0.15) is 25.7 Å². The Kier molecular flexibility index (Phi) is 3.43. The Hall–Kier alpha value is -1.10. The number of nitrogens with zero attached hydrogens (tertiary/aromatic N) is 1. The molecule has 0 radical (unpaired) electrons. The van der Waals surface area contributed by atoms with Crippen molar-refractivity contribution >= 4 is 23.6 Å². The van der Waals surface area contributed by atoms with E-state index >= 15 is 0 Å². The van der Waals surface area contributed by atoms with Crippen molar-refractivity contribution in [3.8, 4) is 0 Å². The number of carbonyl (C=O) groups is 1. The van der Waals surface area contributed by atoms with Gasteiger partial charge in [0.25, 0.3) is 0 Å². The van der Waals surface area contributed by atoms with Crippen LogP contribution in [0.3, 0.4) is 0 Å². The third kappa shape index (κ3) is 2.72. The number of alkyl halides is 1. The molecular weight excluding hydrogens is 233 g/mol. The third-order valence-corrected chi connectivity index (χ3v) is 2.87. The van der Waals surface area contributed by atoms with Crippen molar-refractivity contribution in [2.45, 2.75) is 37.4 Å². The quantitative estimate of drug-likeness (QED) is 0.572. The average Bonchev–Trinajstić information content (AvgIpc) is 2.24. The second-order valence-corrected chi connectivity index (χ2v) is 4.37. The summed E-state index contributed by atoms with van der Waals surface area (Å²) < 4.78 is 13.3.